The van der Waals surface area contributed by atoms with Gasteiger partial charge in [-0.2, -0.15) is 0 Å². The zero-order valence-corrected chi connectivity index (χ0v) is 10.1. The minimum atomic E-state index is 0.0946. The largest absolute Gasteiger partial charge is 0.493 e. The summed E-state index contributed by atoms with van der Waals surface area (Å²) in [6.07, 6.45) is 2.61. The maximum absolute atomic E-state index is 12.1. The number of carbonyl (C=O) groups is 1. The lowest BCUT2D eigenvalue weighted by Crippen LogP contribution is -2.13. The average Bonchev–Trinajstić information content (AvgIpc) is 2.83. The van der Waals surface area contributed by atoms with Gasteiger partial charge in [0.25, 0.3) is 0 Å². The molecule has 1 unspecified atom stereocenters. The molecule has 0 aromatic heterocycles. The molecule has 0 bridgehead atoms. The molecule has 1 heterocycles. The first-order valence-electron chi connectivity index (χ1n) is 6.18. The summed E-state index contributed by atoms with van der Waals surface area (Å²) >= 11 is 0. The third-order valence-electron chi connectivity index (χ3n) is 2.92. The summed E-state index contributed by atoms with van der Waals surface area (Å²) in [7, 11) is 0. The molecule has 1 saturated heterocycles. The zero-order chi connectivity index (χ0) is 12.1. The molecule has 1 aromatic rings. The van der Waals surface area contributed by atoms with Crippen molar-refractivity contribution in [3.05, 3.63) is 29.8 Å². The van der Waals surface area contributed by atoms with Gasteiger partial charge in [0.15, 0.2) is 5.78 Å². The van der Waals surface area contributed by atoms with Gasteiger partial charge in [0, 0.05) is 13.0 Å². The average molecular weight is 234 g/mol. The Hall–Kier alpha value is -1.35. The lowest BCUT2D eigenvalue weighted by atomic mass is 10.0. The van der Waals surface area contributed by atoms with E-state index in [9.17, 15) is 4.79 Å². The van der Waals surface area contributed by atoms with Crippen molar-refractivity contribution >= 4 is 5.78 Å². The molecule has 0 N–H and O–H groups in total. The molecule has 1 aliphatic rings. The van der Waals surface area contributed by atoms with E-state index in [-0.39, 0.29) is 11.9 Å². The van der Waals surface area contributed by atoms with Crippen molar-refractivity contribution in [1.29, 1.82) is 0 Å². The Labute approximate surface area is 102 Å². The van der Waals surface area contributed by atoms with Crippen LogP contribution in [0.15, 0.2) is 24.3 Å². The van der Waals surface area contributed by atoms with Crippen molar-refractivity contribution in [3.8, 4) is 5.75 Å². The van der Waals surface area contributed by atoms with Crippen molar-refractivity contribution in [1.82, 2.24) is 0 Å². The summed E-state index contributed by atoms with van der Waals surface area (Å²) in [5.41, 5.74) is 0.671. The zero-order valence-electron chi connectivity index (χ0n) is 10.1. The highest BCUT2D eigenvalue weighted by Gasteiger charge is 2.21. The van der Waals surface area contributed by atoms with Crippen LogP contribution in [0.2, 0.25) is 0 Å². The molecule has 1 aromatic carbocycles. The minimum absolute atomic E-state index is 0.0946. The molecule has 0 saturated carbocycles. The maximum Gasteiger partial charge on any atom is 0.169 e. The second-order valence-corrected chi connectivity index (χ2v) is 4.19. The van der Waals surface area contributed by atoms with Crippen LogP contribution in [0, 0.1) is 0 Å². The molecular formula is C14H18O3. The fourth-order valence-corrected chi connectivity index (χ4v) is 2.10. The van der Waals surface area contributed by atoms with Crippen LogP contribution in [0.5, 0.6) is 5.75 Å². The molecule has 0 aliphatic carbocycles. The van der Waals surface area contributed by atoms with E-state index < -0.39 is 0 Å². The van der Waals surface area contributed by atoms with Crippen LogP contribution in [-0.4, -0.2) is 25.1 Å². The molecule has 0 spiro atoms. The van der Waals surface area contributed by atoms with Crippen molar-refractivity contribution in [2.75, 3.05) is 13.2 Å². The van der Waals surface area contributed by atoms with E-state index in [1.807, 2.05) is 31.2 Å². The first-order valence-corrected chi connectivity index (χ1v) is 6.18. The van der Waals surface area contributed by atoms with Gasteiger partial charge in [0.1, 0.15) is 5.75 Å². The minimum Gasteiger partial charge on any atom is -0.493 e. The number of hydrogen-bond acceptors (Lipinski definition) is 3. The number of rotatable bonds is 5. The molecule has 17 heavy (non-hydrogen) atoms. The van der Waals surface area contributed by atoms with Gasteiger partial charge in [0.2, 0.25) is 0 Å². The standard InChI is InChI=1S/C14H18O3/c1-2-16-14-8-4-3-7-12(14)13(15)10-11-6-5-9-17-11/h3-4,7-8,11H,2,5-6,9-10H2,1H3. The first-order chi connectivity index (χ1) is 8.31. The Morgan fingerprint density at radius 2 is 2.29 bits per heavy atom. The summed E-state index contributed by atoms with van der Waals surface area (Å²) in [5.74, 6) is 0.791. The van der Waals surface area contributed by atoms with Gasteiger partial charge in [-0.05, 0) is 31.9 Å². The van der Waals surface area contributed by atoms with E-state index in [0.717, 1.165) is 19.4 Å². The summed E-state index contributed by atoms with van der Waals surface area (Å²) in [6.45, 7) is 3.27. The summed E-state index contributed by atoms with van der Waals surface area (Å²) in [6, 6.07) is 7.41. The summed E-state index contributed by atoms with van der Waals surface area (Å²) < 4.78 is 10.9. The van der Waals surface area contributed by atoms with Crippen molar-refractivity contribution in [2.45, 2.75) is 32.3 Å². The number of carbonyl (C=O) groups excluding carboxylic acids is 1. The molecule has 1 fully saturated rings. The predicted octanol–water partition coefficient (Wildman–Crippen LogP) is 2.84. The first kappa shape index (κ1) is 12.1. The van der Waals surface area contributed by atoms with Crippen LogP contribution < -0.4 is 4.74 Å². The SMILES string of the molecule is CCOc1ccccc1C(=O)CC1CCCO1. The van der Waals surface area contributed by atoms with E-state index in [1.54, 1.807) is 0 Å². The van der Waals surface area contributed by atoms with Crippen molar-refractivity contribution in [2.24, 2.45) is 0 Å². The lowest BCUT2D eigenvalue weighted by molar-refractivity contribution is 0.0773. The highest BCUT2D eigenvalue weighted by atomic mass is 16.5. The van der Waals surface area contributed by atoms with Crippen LogP contribution >= 0.6 is 0 Å². The number of ketones is 1. The third-order valence-corrected chi connectivity index (χ3v) is 2.92. The molecule has 3 nitrogen and oxygen atoms in total. The number of para-hydroxylation sites is 1. The van der Waals surface area contributed by atoms with Gasteiger partial charge in [-0.25, -0.2) is 0 Å². The molecule has 2 rings (SSSR count). The normalized spacial score (nSPS) is 19.2. The highest BCUT2D eigenvalue weighted by Crippen LogP contribution is 2.23. The fraction of sp³-hybridized carbons (Fsp3) is 0.500. The Bertz CT molecular complexity index is 381. The Balaban J connectivity index is 2.06. The van der Waals surface area contributed by atoms with Crippen molar-refractivity contribution in [3.63, 3.8) is 0 Å². The van der Waals surface area contributed by atoms with Gasteiger partial charge in [-0.1, -0.05) is 12.1 Å². The molecule has 1 atom stereocenters. The van der Waals surface area contributed by atoms with Crippen LogP contribution in [0.1, 0.15) is 36.5 Å². The number of ether oxygens (including phenoxy) is 2. The quantitative estimate of drug-likeness (QED) is 0.735. The van der Waals surface area contributed by atoms with E-state index in [1.165, 1.54) is 0 Å². The maximum atomic E-state index is 12.1. The molecular weight excluding hydrogens is 216 g/mol. The Kier molecular flexibility index (Phi) is 4.15. The van der Waals surface area contributed by atoms with Gasteiger partial charge < -0.3 is 9.47 Å². The topological polar surface area (TPSA) is 35.5 Å². The predicted molar refractivity (Wildman–Crippen MR) is 65.5 cm³/mol. The molecule has 0 amide bonds. The van der Waals surface area contributed by atoms with E-state index in [0.29, 0.717) is 24.3 Å². The Morgan fingerprint density at radius 3 is 3.00 bits per heavy atom. The van der Waals surface area contributed by atoms with Gasteiger partial charge in [-0.15, -0.1) is 0 Å². The molecule has 0 radical (unpaired) electrons. The second kappa shape index (κ2) is 5.82. The lowest BCUT2D eigenvalue weighted by Gasteiger charge is -2.11. The van der Waals surface area contributed by atoms with Crippen LogP contribution in [0.25, 0.3) is 0 Å². The monoisotopic (exact) mass is 234 g/mol. The second-order valence-electron chi connectivity index (χ2n) is 4.19. The molecule has 3 heteroatoms. The summed E-state index contributed by atoms with van der Waals surface area (Å²) in [4.78, 5) is 12.1. The van der Waals surface area contributed by atoms with E-state index in [2.05, 4.69) is 0 Å². The molecule has 92 valence electrons. The van der Waals surface area contributed by atoms with Gasteiger partial charge in [0.05, 0.1) is 18.3 Å². The number of Topliss-reactive ketones (excluding diaryl/α,β-unsaturated/α-hetero) is 1. The third kappa shape index (κ3) is 3.07. The van der Waals surface area contributed by atoms with Crippen molar-refractivity contribution < 1.29 is 14.3 Å². The smallest absolute Gasteiger partial charge is 0.169 e. The summed E-state index contributed by atoms with van der Waals surface area (Å²) in [5, 5.41) is 0. The van der Waals surface area contributed by atoms with Gasteiger partial charge >= 0.3 is 0 Å². The number of benzene rings is 1. The number of hydrogen-bond donors (Lipinski definition) is 0. The molecule has 1 aliphatic heterocycles. The van der Waals surface area contributed by atoms with E-state index >= 15 is 0 Å². The highest BCUT2D eigenvalue weighted by molar-refractivity contribution is 5.98. The van der Waals surface area contributed by atoms with E-state index in [4.69, 9.17) is 9.47 Å². The fourth-order valence-electron chi connectivity index (χ4n) is 2.10. The van der Waals surface area contributed by atoms with Crippen LogP contribution in [-0.2, 0) is 4.74 Å². The van der Waals surface area contributed by atoms with Crippen LogP contribution in [0.4, 0.5) is 0 Å². The van der Waals surface area contributed by atoms with Gasteiger partial charge in [-0.3, -0.25) is 4.79 Å². The Morgan fingerprint density at radius 1 is 1.47 bits per heavy atom. The van der Waals surface area contributed by atoms with Crippen LogP contribution in [0.3, 0.4) is 0 Å².